The van der Waals surface area contributed by atoms with E-state index in [1.807, 2.05) is 28.5 Å². The predicted molar refractivity (Wildman–Crippen MR) is 133 cm³/mol. The third kappa shape index (κ3) is 4.39. The van der Waals surface area contributed by atoms with Gasteiger partial charge in [0, 0.05) is 37.3 Å². The Bertz CT molecular complexity index is 1020. The Morgan fingerprint density at radius 3 is 2.65 bits per heavy atom. The van der Waals surface area contributed by atoms with E-state index in [4.69, 9.17) is 4.42 Å². The molecule has 0 aromatic carbocycles. The third-order valence-electron chi connectivity index (χ3n) is 8.50. The number of amides is 2. The minimum Gasteiger partial charge on any atom is -0.463 e. The average Bonchev–Trinajstić information content (AvgIpc) is 3.31. The first-order chi connectivity index (χ1) is 16.5. The average molecular weight is 469 g/mol. The van der Waals surface area contributed by atoms with E-state index in [2.05, 4.69) is 17.1 Å². The highest BCUT2D eigenvalue weighted by atomic mass is 16.3. The van der Waals surface area contributed by atoms with Gasteiger partial charge in [0.1, 0.15) is 11.2 Å². The van der Waals surface area contributed by atoms with E-state index in [-0.39, 0.29) is 17.9 Å². The number of nitrogens with zero attached hydrogens (tertiary/aromatic N) is 3. The summed E-state index contributed by atoms with van der Waals surface area (Å²) in [6.07, 6.45) is 13.2. The Morgan fingerprint density at radius 2 is 1.88 bits per heavy atom. The fourth-order valence-electron chi connectivity index (χ4n) is 6.31. The number of rotatable bonds is 6. The van der Waals surface area contributed by atoms with Gasteiger partial charge in [-0.25, -0.2) is 0 Å². The lowest BCUT2D eigenvalue weighted by atomic mass is 9.93. The lowest BCUT2D eigenvalue weighted by Gasteiger charge is -2.45. The van der Waals surface area contributed by atoms with Crippen LogP contribution >= 0.6 is 0 Å². The van der Waals surface area contributed by atoms with Crippen LogP contribution in [0.15, 0.2) is 22.8 Å². The fourth-order valence-corrected chi connectivity index (χ4v) is 6.31. The number of nitrogens with one attached hydrogen (secondary N) is 1. The first kappa shape index (κ1) is 23.5. The van der Waals surface area contributed by atoms with Gasteiger partial charge in [-0.2, -0.15) is 0 Å². The Hall–Kier alpha value is -2.28. The number of aromatic nitrogens is 1. The molecular weight excluding hydrogens is 428 g/mol. The van der Waals surface area contributed by atoms with Crippen molar-refractivity contribution in [2.75, 3.05) is 19.6 Å². The van der Waals surface area contributed by atoms with Gasteiger partial charge in [-0.3, -0.25) is 9.59 Å². The van der Waals surface area contributed by atoms with Crippen molar-refractivity contribution in [3.8, 4) is 0 Å². The quantitative estimate of drug-likeness (QED) is 0.632. The van der Waals surface area contributed by atoms with Crippen LogP contribution < -0.4 is 5.32 Å². The highest BCUT2D eigenvalue weighted by Crippen LogP contribution is 2.33. The van der Waals surface area contributed by atoms with Crippen LogP contribution in [0.2, 0.25) is 0 Å². The van der Waals surface area contributed by atoms with Gasteiger partial charge in [-0.05, 0) is 52.5 Å². The summed E-state index contributed by atoms with van der Waals surface area (Å²) in [5.41, 5.74) is 1.30. The van der Waals surface area contributed by atoms with Gasteiger partial charge in [-0.1, -0.05) is 32.1 Å². The van der Waals surface area contributed by atoms with Crippen LogP contribution in [0.25, 0.3) is 11.1 Å². The smallest absolute Gasteiger partial charge is 0.271 e. The van der Waals surface area contributed by atoms with Crippen molar-refractivity contribution >= 4 is 22.9 Å². The topological polar surface area (TPSA) is 70.7 Å². The molecule has 1 saturated carbocycles. The minimum absolute atomic E-state index is 0.0184. The minimum atomic E-state index is -0.923. The zero-order chi connectivity index (χ0) is 23.7. The molecule has 0 unspecified atom stereocenters. The number of furan rings is 1. The zero-order valence-corrected chi connectivity index (χ0v) is 20.9. The predicted octanol–water partition coefficient (Wildman–Crippen LogP) is 4.55. The number of hydrogen-bond acceptors (Lipinski definition) is 4. The fraction of sp³-hybridized carbons (Fsp3) is 0.704. The number of likely N-dealkylation sites (tertiary alicyclic amines) is 1. The number of carbonyl (C=O) groups excluding carboxylic acids is 2. The van der Waals surface area contributed by atoms with Gasteiger partial charge in [0.2, 0.25) is 5.91 Å². The normalized spacial score (nSPS) is 27.1. The van der Waals surface area contributed by atoms with Gasteiger partial charge in [0.25, 0.3) is 5.91 Å². The maximum Gasteiger partial charge on any atom is 0.271 e. The van der Waals surface area contributed by atoms with Crippen molar-refractivity contribution in [2.45, 2.75) is 102 Å². The van der Waals surface area contributed by atoms with E-state index >= 15 is 0 Å². The summed E-state index contributed by atoms with van der Waals surface area (Å²) in [5, 5.41) is 3.35. The number of fused-ring (bicyclic) bond motifs is 3. The van der Waals surface area contributed by atoms with E-state index < -0.39 is 5.54 Å². The van der Waals surface area contributed by atoms with Gasteiger partial charge < -0.3 is 24.1 Å². The van der Waals surface area contributed by atoms with Crippen LogP contribution in [0.3, 0.4) is 0 Å². The van der Waals surface area contributed by atoms with Crippen LogP contribution in [0.1, 0.15) is 88.5 Å². The molecule has 7 nitrogen and oxygen atoms in total. The number of piperidine rings is 1. The largest absolute Gasteiger partial charge is 0.463 e. The molecule has 186 valence electrons. The molecule has 3 aliphatic rings. The highest BCUT2D eigenvalue weighted by Gasteiger charge is 2.48. The van der Waals surface area contributed by atoms with Crippen molar-refractivity contribution in [3.05, 3.63) is 24.1 Å². The summed E-state index contributed by atoms with van der Waals surface area (Å²) in [4.78, 5) is 32.0. The second-order valence-corrected chi connectivity index (χ2v) is 10.9. The maximum atomic E-state index is 13.8. The van der Waals surface area contributed by atoms with E-state index in [1.54, 1.807) is 6.26 Å². The van der Waals surface area contributed by atoms with Crippen LogP contribution in [0.5, 0.6) is 0 Å². The SMILES string of the molecule is C[C@H]1CCCCN1CCCN1C(=O)c2cc3occc3n2C[C@@]1(C)C(=O)NC1CCCCCC1. The molecule has 2 aromatic heterocycles. The molecule has 1 aliphatic carbocycles. The Kier molecular flexibility index (Phi) is 6.74. The first-order valence-electron chi connectivity index (χ1n) is 13.4. The van der Waals surface area contributed by atoms with Crippen molar-refractivity contribution in [2.24, 2.45) is 0 Å². The van der Waals surface area contributed by atoms with Crippen LogP contribution in [-0.2, 0) is 11.3 Å². The summed E-state index contributed by atoms with van der Waals surface area (Å²) >= 11 is 0. The van der Waals surface area contributed by atoms with Crippen LogP contribution in [0.4, 0.5) is 0 Å². The first-order valence-corrected chi connectivity index (χ1v) is 13.4. The molecule has 1 saturated heterocycles. The molecule has 34 heavy (non-hydrogen) atoms. The second-order valence-electron chi connectivity index (χ2n) is 10.9. The van der Waals surface area contributed by atoms with Crippen molar-refractivity contribution < 1.29 is 14.0 Å². The molecule has 2 fully saturated rings. The molecular formula is C27H40N4O3. The highest BCUT2D eigenvalue weighted by molar-refractivity contribution is 6.02. The molecule has 2 amide bonds. The molecule has 0 spiro atoms. The summed E-state index contributed by atoms with van der Waals surface area (Å²) in [5.74, 6) is -0.0852. The number of carbonyl (C=O) groups is 2. The molecule has 2 atom stereocenters. The number of hydrogen-bond donors (Lipinski definition) is 1. The third-order valence-corrected chi connectivity index (χ3v) is 8.50. The van der Waals surface area contributed by atoms with Gasteiger partial charge in [-0.15, -0.1) is 0 Å². The molecule has 2 aliphatic heterocycles. The standard InChI is InChI=1S/C27H40N4O3/c1-20-10-7-8-14-29(20)15-9-16-31-25(32)23-18-24-22(13-17-34-24)30(23)19-27(31,2)26(33)28-21-11-5-3-4-6-12-21/h13,17-18,20-21H,3-12,14-16,19H2,1-2H3,(H,28,33)/t20-,27-/m0/s1. The molecule has 2 aromatic rings. The van der Waals surface area contributed by atoms with E-state index in [1.165, 1.54) is 32.1 Å². The monoisotopic (exact) mass is 468 g/mol. The van der Waals surface area contributed by atoms with E-state index in [0.717, 1.165) is 50.7 Å². The molecule has 0 bridgehead atoms. The summed E-state index contributed by atoms with van der Waals surface area (Å²) in [6, 6.07) is 4.53. The molecule has 1 N–H and O–H groups in total. The van der Waals surface area contributed by atoms with Crippen molar-refractivity contribution in [3.63, 3.8) is 0 Å². The lowest BCUT2D eigenvalue weighted by Crippen LogP contribution is -2.65. The Balaban J connectivity index is 1.38. The summed E-state index contributed by atoms with van der Waals surface area (Å²) in [6.45, 7) is 7.40. The van der Waals surface area contributed by atoms with Gasteiger partial charge in [0.15, 0.2) is 5.58 Å². The maximum absolute atomic E-state index is 13.8. The van der Waals surface area contributed by atoms with Crippen LogP contribution in [0, 0.1) is 0 Å². The van der Waals surface area contributed by atoms with E-state index in [0.29, 0.717) is 30.4 Å². The molecule has 5 rings (SSSR count). The van der Waals surface area contributed by atoms with Gasteiger partial charge >= 0.3 is 0 Å². The van der Waals surface area contributed by atoms with Crippen molar-refractivity contribution in [1.29, 1.82) is 0 Å². The Morgan fingerprint density at radius 1 is 1.12 bits per heavy atom. The van der Waals surface area contributed by atoms with Crippen molar-refractivity contribution in [1.82, 2.24) is 19.7 Å². The Labute approximate surface area is 202 Å². The zero-order valence-electron chi connectivity index (χ0n) is 20.9. The van der Waals surface area contributed by atoms with Crippen LogP contribution in [-0.4, -0.2) is 63.4 Å². The summed E-state index contributed by atoms with van der Waals surface area (Å²) in [7, 11) is 0. The molecule has 4 heterocycles. The summed E-state index contributed by atoms with van der Waals surface area (Å²) < 4.78 is 7.57. The second kappa shape index (κ2) is 9.76. The molecule has 0 radical (unpaired) electrons. The van der Waals surface area contributed by atoms with Gasteiger partial charge in [0.05, 0.1) is 18.3 Å². The van der Waals surface area contributed by atoms with E-state index in [9.17, 15) is 9.59 Å². The molecule has 7 heteroatoms. The lowest BCUT2D eigenvalue weighted by molar-refractivity contribution is -0.133.